The van der Waals surface area contributed by atoms with E-state index >= 15 is 0 Å². The van der Waals surface area contributed by atoms with Crippen LogP contribution in [0.5, 0.6) is 5.75 Å². The molecular formula is C23H28N2O4S. The van der Waals surface area contributed by atoms with Gasteiger partial charge in [-0.3, -0.25) is 4.79 Å². The quantitative estimate of drug-likeness (QED) is 0.732. The SMILES string of the molecule is Cc1ccc(C)c(OCC(=O)N2CCCc3cc(S(=O)(=O)N4CCCC4)ccc32)c1. The number of carbonyl (C=O) groups is 1. The molecule has 0 unspecified atom stereocenters. The van der Waals surface area contributed by atoms with E-state index in [1.807, 2.05) is 32.0 Å². The third kappa shape index (κ3) is 4.09. The molecular weight excluding hydrogens is 400 g/mol. The van der Waals surface area contributed by atoms with E-state index in [9.17, 15) is 13.2 Å². The minimum atomic E-state index is -3.46. The largest absolute Gasteiger partial charge is 0.483 e. The Bertz CT molecular complexity index is 1060. The normalized spacial score (nSPS) is 17.1. The molecule has 0 spiro atoms. The average Bonchev–Trinajstić information content (AvgIpc) is 3.29. The number of carbonyl (C=O) groups excluding carboxylic acids is 1. The maximum atomic E-state index is 12.9. The van der Waals surface area contributed by atoms with Crippen LogP contribution in [-0.4, -0.2) is 44.9 Å². The van der Waals surface area contributed by atoms with Crippen LogP contribution in [0.2, 0.25) is 0 Å². The molecule has 2 aromatic carbocycles. The molecule has 2 aliphatic heterocycles. The molecule has 30 heavy (non-hydrogen) atoms. The Labute approximate surface area is 178 Å². The first-order chi connectivity index (χ1) is 14.4. The fourth-order valence-corrected chi connectivity index (χ4v) is 5.72. The Morgan fingerprint density at radius 3 is 2.53 bits per heavy atom. The fraction of sp³-hybridized carbons (Fsp3) is 0.435. The first-order valence-corrected chi connectivity index (χ1v) is 11.9. The number of amides is 1. The van der Waals surface area contributed by atoms with Crippen molar-refractivity contribution in [2.75, 3.05) is 31.1 Å². The Balaban J connectivity index is 1.52. The number of aryl methyl sites for hydroxylation is 3. The maximum absolute atomic E-state index is 12.9. The molecule has 0 N–H and O–H groups in total. The second kappa shape index (κ2) is 8.40. The molecule has 4 rings (SSSR count). The van der Waals surface area contributed by atoms with Crippen LogP contribution in [0.4, 0.5) is 5.69 Å². The molecule has 0 radical (unpaired) electrons. The zero-order valence-electron chi connectivity index (χ0n) is 17.6. The monoisotopic (exact) mass is 428 g/mol. The van der Waals surface area contributed by atoms with E-state index in [2.05, 4.69) is 0 Å². The number of nitrogens with zero attached hydrogens (tertiary/aromatic N) is 2. The molecule has 0 saturated carbocycles. The molecule has 1 saturated heterocycles. The number of sulfonamides is 1. The zero-order chi connectivity index (χ0) is 21.3. The molecule has 160 valence electrons. The summed E-state index contributed by atoms with van der Waals surface area (Å²) in [5.41, 5.74) is 3.76. The van der Waals surface area contributed by atoms with Gasteiger partial charge < -0.3 is 9.64 Å². The van der Waals surface area contributed by atoms with Gasteiger partial charge in [-0.1, -0.05) is 12.1 Å². The van der Waals surface area contributed by atoms with Gasteiger partial charge in [0.1, 0.15) is 5.75 Å². The molecule has 6 nitrogen and oxygen atoms in total. The topological polar surface area (TPSA) is 66.9 Å². The van der Waals surface area contributed by atoms with Gasteiger partial charge in [-0.05, 0) is 80.5 Å². The van der Waals surface area contributed by atoms with Gasteiger partial charge >= 0.3 is 0 Å². The van der Waals surface area contributed by atoms with Crippen LogP contribution in [0.3, 0.4) is 0 Å². The number of hydrogen-bond donors (Lipinski definition) is 0. The Kier molecular flexibility index (Phi) is 5.84. The van der Waals surface area contributed by atoms with E-state index in [-0.39, 0.29) is 12.5 Å². The van der Waals surface area contributed by atoms with Crippen LogP contribution in [0.15, 0.2) is 41.3 Å². The van der Waals surface area contributed by atoms with Crippen molar-refractivity contribution in [2.45, 2.75) is 44.4 Å². The Hall–Kier alpha value is -2.38. The maximum Gasteiger partial charge on any atom is 0.264 e. The van der Waals surface area contributed by atoms with E-state index in [0.717, 1.165) is 48.1 Å². The highest BCUT2D eigenvalue weighted by Gasteiger charge is 2.29. The third-order valence-electron chi connectivity index (χ3n) is 5.87. The minimum absolute atomic E-state index is 0.0441. The van der Waals surface area contributed by atoms with Crippen molar-refractivity contribution < 1.29 is 17.9 Å². The van der Waals surface area contributed by atoms with E-state index < -0.39 is 10.0 Å². The van der Waals surface area contributed by atoms with E-state index in [1.165, 1.54) is 0 Å². The summed E-state index contributed by atoms with van der Waals surface area (Å²) < 4.78 is 33.1. The average molecular weight is 429 g/mol. The molecule has 2 aromatic rings. The highest BCUT2D eigenvalue weighted by atomic mass is 32.2. The number of ether oxygens (including phenoxy) is 1. The molecule has 7 heteroatoms. The van der Waals surface area contributed by atoms with Crippen LogP contribution in [0, 0.1) is 13.8 Å². The van der Waals surface area contributed by atoms with Crippen LogP contribution in [0.25, 0.3) is 0 Å². The smallest absolute Gasteiger partial charge is 0.264 e. The highest BCUT2D eigenvalue weighted by molar-refractivity contribution is 7.89. The molecule has 0 aromatic heterocycles. The second-order valence-corrected chi connectivity index (χ2v) is 10.0. The van der Waals surface area contributed by atoms with E-state index in [0.29, 0.717) is 30.3 Å². The molecule has 1 amide bonds. The summed E-state index contributed by atoms with van der Waals surface area (Å²) in [4.78, 5) is 14.9. The zero-order valence-corrected chi connectivity index (χ0v) is 18.4. The van der Waals surface area contributed by atoms with E-state index in [1.54, 1.807) is 27.4 Å². The van der Waals surface area contributed by atoms with Crippen molar-refractivity contribution in [3.05, 3.63) is 53.1 Å². The van der Waals surface area contributed by atoms with Crippen molar-refractivity contribution >= 4 is 21.6 Å². The molecule has 0 bridgehead atoms. The van der Waals surface area contributed by atoms with Crippen LogP contribution in [0.1, 0.15) is 36.0 Å². The number of anilines is 1. The van der Waals surface area contributed by atoms with Crippen LogP contribution in [-0.2, 0) is 21.2 Å². The number of benzene rings is 2. The lowest BCUT2D eigenvalue weighted by Crippen LogP contribution is -2.39. The lowest BCUT2D eigenvalue weighted by molar-refractivity contribution is -0.120. The third-order valence-corrected chi connectivity index (χ3v) is 7.76. The summed E-state index contributed by atoms with van der Waals surface area (Å²) in [6.45, 7) is 5.68. The lowest BCUT2D eigenvalue weighted by atomic mass is 10.0. The van der Waals surface area contributed by atoms with Crippen molar-refractivity contribution in [3.8, 4) is 5.75 Å². The van der Waals surface area contributed by atoms with Crippen LogP contribution < -0.4 is 9.64 Å². The summed E-state index contributed by atoms with van der Waals surface area (Å²) in [5, 5.41) is 0. The van der Waals surface area contributed by atoms with Gasteiger partial charge in [-0.25, -0.2) is 8.42 Å². The first-order valence-electron chi connectivity index (χ1n) is 10.5. The molecule has 0 aliphatic carbocycles. The minimum Gasteiger partial charge on any atom is -0.483 e. The molecule has 1 fully saturated rings. The van der Waals surface area contributed by atoms with Gasteiger partial charge in [-0.15, -0.1) is 0 Å². The highest BCUT2D eigenvalue weighted by Crippen LogP contribution is 2.31. The first kappa shape index (κ1) is 20.9. The van der Waals surface area contributed by atoms with Crippen LogP contribution >= 0.6 is 0 Å². The van der Waals surface area contributed by atoms with Gasteiger partial charge in [0, 0.05) is 25.3 Å². The van der Waals surface area contributed by atoms with Crippen molar-refractivity contribution in [3.63, 3.8) is 0 Å². The van der Waals surface area contributed by atoms with Gasteiger partial charge in [0.15, 0.2) is 6.61 Å². The summed E-state index contributed by atoms with van der Waals surface area (Å²) in [5.74, 6) is 0.597. The Morgan fingerprint density at radius 2 is 1.77 bits per heavy atom. The van der Waals surface area contributed by atoms with Gasteiger partial charge in [-0.2, -0.15) is 4.31 Å². The molecule has 0 atom stereocenters. The fourth-order valence-electron chi connectivity index (χ4n) is 4.15. The predicted molar refractivity (Wildman–Crippen MR) is 117 cm³/mol. The molecule has 2 aliphatic rings. The second-order valence-electron chi connectivity index (χ2n) is 8.11. The number of rotatable bonds is 5. The lowest BCUT2D eigenvalue weighted by Gasteiger charge is -2.30. The Morgan fingerprint density at radius 1 is 1.00 bits per heavy atom. The van der Waals surface area contributed by atoms with Gasteiger partial charge in [0.25, 0.3) is 5.91 Å². The van der Waals surface area contributed by atoms with Crippen molar-refractivity contribution in [1.82, 2.24) is 4.31 Å². The summed E-state index contributed by atoms with van der Waals surface area (Å²) >= 11 is 0. The summed E-state index contributed by atoms with van der Waals surface area (Å²) in [6.07, 6.45) is 3.38. The standard InChI is InChI=1S/C23H28N2O4S/c1-17-7-8-18(2)22(14-17)29-16-23(26)25-13-5-6-19-15-20(9-10-21(19)25)30(27,28)24-11-3-4-12-24/h7-10,14-15H,3-6,11-13,16H2,1-2H3. The molecule has 2 heterocycles. The summed E-state index contributed by atoms with van der Waals surface area (Å²) in [6, 6.07) is 11.1. The van der Waals surface area contributed by atoms with Crippen molar-refractivity contribution in [2.24, 2.45) is 0 Å². The summed E-state index contributed by atoms with van der Waals surface area (Å²) in [7, 11) is -3.46. The van der Waals surface area contributed by atoms with Crippen molar-refractivity contribution in [1.29, 1.82) is 0 Å². The van der Waals surface area contributed by atoms with E-state index in [4.69, 9.17) is 4.74 Å². The van der Waals surface area contributed by atoms with Gasteiger partial charge in [0.2, 0.25) is 10.0 Å². The van der Waals surface area contributed by atoms with Gasteiger partial charge in [0.05, 0.1) is 4.90 Å². The number of hydrogen-bond acceptors (Lipinski definition) is 4. The predicted octanol–water partition coefficient (Wildman–Crippen LogP) is 3.45. The number of fused-ring (bicyclic) bond motifs is 1.